The molecule has 3 aromatic rings. The number of benzene rings is 1. The van der Waals surface area contributed by atoms with Gasteiger partial charge in [0.15, 0.2) is 16.9 Å². The summed E-state index contributed by atoms with van der Waals surface area (Å²) in [6.07, 6.45) is 6.01. The Labute approximate surface area is 208 Å². The van der Waals surface area contributed by atoms with Gasteiger partial charge in [-0.15, -0.1) is 0 Å². The molecule has 194 valence electrons. The van der Waals surface area contributed by atoms with Gasteiger partial charge in [0.25, 0.3) is 5.56 Å². The number of nitrogens with two attached hydrogens (primary N) is 1. The lowest BCUT2D eigenvalue weighted by molar-refractivity contribution is -0.126. The molecule has 12 heteroatoms. The number of aromatic amines is 1. The van der Waals surface area contributed by atoms with E-state index in [2.05, 4.69) is 15.0 Å². The van der Waals surface area contributed by atoms with Crippen LogP contribution < -0.4 is 11.3 Å². The number of anilines is 1. The van der Waals surface area contributed by atoms with Crippen LogP contribution >= 0.6 is 7.60 Å². The van der Waals surface area contributed by atoms with Gasteiger partial charge in [0.2, 0.25) is 5.95 Å². The van der Waals surface area contributed by atoms with Gasteiger partial charge in [0, 0.05) is 12.5 Å². The lowest BCUT2D eigenvalue weighted by Crippen LogP contribution is -2.22. The Morgan fingerprint density at radius 2 is 1.94 bits per heavy atom. The van der Waals surface area contributed by atoms with E-state index in [0.29, 0.717) is 5.65 Å². The molecule has 36 heavy (non-hydrogen) atoms. The molecule has 0 spiro atoms. The second-order valence-electron chi connectivity index (χ2n) is 9.04. The maximum Gasteiger partial charge on any atom is 0.356 e. The third-order valence-electron chi connectivity index (χ3n) is 6.23. The van der Waals surface area contributed by atoms with Crippen LogP contribution in [0.15, 0.2) is 35.4 Å². The first kappa shape index (κ1) is 26.2. The van der Waals surface area contributed by atoms with Crippen LogP contribution in [0.3, 0.4) is 0 Å². The minimum Gasteiger partial charge on any atom is -0.369 e. The fraction of sp³-hybridized carbons (Fsp3) is 0.500. The SMILES string of the molecule is Cc1ccc(COP(=O)(COCCn2cnc3c(=O)[nH]c(N)nc32)OCC(=O)C2CCCCC2)cc1. The van der Waals surface area contributed by atoms with Crippen molar-refractivity contribution in [3.63, 3.8) is 0 Å². The number of imidazole rings is 1. The number of hydrogen-bond acceptors (Lipinski definition) is 9. The monoisotopic (exact) mass is 517 g/mol. The lowest BCUT2D eigenvalue weighted by atomic mass is 9.86. The maximum atomic E-state index is 13.5. The standard InChI is InChI=1S/C24H32N5O6P/c1-17-7-9-18(10-8-17)13-34-36(32,35-14-20(30)19-5-3-2-4-6-19)16-33-12-11-29-15-26-21-22(29)27-24(25)28-23(21)31/h7-10,15,19H,2-6,11-14,16H2,1H3,(H3,25,27,28,31). The predicted octanol–water partition coefficient (Wildman–Crippen LogP) is 3.56. The molecular weight excluding hydrogens is 485 g/mol. The number of nitrogen functional groups attached to an aromatic ring is 1. The molecule has 1 saturated carbocycles. The number of ether oxygens (including phenoxy) is 1. The largest absolute Gasteiger partial charge is 0.369 e. The van der Waals surface area contributed by atoms with Gasteiger partial charge in [-0.2, -0.15) is 4.98 Å². The van der Waals surface area contributed by atoms with Crippen LogP contribution in [0.4, 0.5) is 5.95 Å². The first-order valence-electron chi connectivity index (χ1n) is 12.1. The molecule has 0 amide bonds. The summed E-state index contributed by atoms with van der Waals surface area (Å²) in [6, 6.07) is 7.65. The van der Waals surface area contributed by atoms with Gasteiger partial charge in [0.1, 0.15) is 13.0 Å². The summed E-state index contributed by atoms with van der Waals surface area (Å²) in [7, 11) is -3.73. The van der Waals surface area contributed by atoms with E-state index in [-0.39, 0.29) is 55.9 Å². The number of nitrogens with one attached hydrogen (secondary N) is 1. The summed E-state index contributed by atoms with van der Waals surface area (Å²) >= 11 is 0. The molecule has 2 aromatic heterocycles. The number of aromatic nitrogens is 4. The van der Waals surface area contributed by atoms with Crippen molar-refractivity contribution in [2.75, 3.05) is 25.3 Å². The van der Waals surface area contributed by atoms with Gasteiger partial charge < -0.3 is 19.6 Å². The van der Waals surface area contributed by atoms with Crippen molar-refractivity contribution >= 4 is 30.5 Å². The van der Waals surface area contributed by atoms with Crippen molar-refractivity contribution in [1.82, 2.24) is 19.5 Å². The van der Waals surface area contributed by atoms with Crippen molar-refractivity contribution < 1.29 is 23.1 Å². The number of H-pyrrole nitrogens is 1. The van der Waals surface area contributed by atoms with Gasteiger partial charge in [-0.05, 0) is 25.3 Å². The van der Waals surface area contributed by atoms with E-state index < -0.39 is 13.2 Å². The third kappa shape index (κ3) is 6.88. The molecule has 0 radical (unpaired) electrons. The van der Waals surface area contributed by atoms with Crippen molar-refractivity contribution in [3.8, 4) is 0 Å². The molecule has 0 aliphatic heterocycles. The van der Waals surface area contributed by atoms with Gasteiger partial charge in [-0.1, -0.05) is 49.1 Å². The number of Topliss-reactive ketones (excluding diaryl/α,β-unsaturated/α-hetero) is 1. The summed E-state index contributed by atoms with van der Waals surface area (Å²) in [4.78, 5) is 35.1. The molecule has 1 aromatic carbocycles. The van der Waals surface area contributed by atoms with Crippen LogP contribution in [0.25, 0.3) is 11.2 Å². The number of fused-ring (bicyclic) bond motifs is 1. The van der Waals surface area contributed by atoms with Crippen molar-refractivity contribution in [2.24, 2.45) is 5.92 Å². The smallest absolute Gasteiger partial charge is 0.356 e. The predicted molar refractivity (Wildman–Crippen MR) is 134 cm³/mol. The maximum absolute atomic E-state index is 13.5. The van der Waals surface area contributed by atoms with E-state index in [1.54, 1.807) is 4.57 Å². The Morgan fingerprint density at radius 1 is 1.19 bits per heavy atom. The molecule has 1 aliphatic carbocycles. The third-order valence-corrected chi connectivity index (χ3v) is 7.78. The van der Waals surface area contributed by atoms with Crippen LogP contribution in [-0.4, -0.2) is 44.9 Å². The van der Waals surface area contributed by atoms with Gasteiger partial charge in [-0.25, -0.2) is 4.98 Å². The summed E-state index contributed by atoms with van der Waals surface area (Å²) < 4.78 is 32.0. The summed E-state index contributed by atoms with van der Waals surface area (Å²) in [5.41, 5.74) is 7.63. The summed E-state index contributed by atoms with van der Waals surface area (Å²) in [5.74, 6) is -0.115. The number of carbonyl (C=O) groups is 1. The normalized spacial score (nSPS) is 16.2. The van der Waals surface area contributed by atoms with E-state index in [0.717, 1.165) is 43.2 Å². The molecule has 11 nitrogen and oxygen atoms in total. The van der Waals surface area contributed by atoms with Crippen LogP contribution in [0, 0.1) is 12.8 Å². The number of rotatable bonds is 12. The molecule has 1 unspecified atom stereocenters. The highest BCUT2D eigenvalue weighted by Crippen LogP contribution is 2.49. The van der Waals surface area contributed by atoms with Crippen molar-refractivity contribution in [3.05, 3.63) is 52.1 Å². The van der Waals surface area contributed by atoms with E-state index in [9.17, 15) is 14.2 Å². The molecule has 1 atom stereocenters. The highest BCUT2D eigenvalue weighted by Gasteiger charge is 2.29. The lowest BCUT2D eigenvalue weighted by Gasteiger charge is -2.22. The zero-order valence-corrected chi connectivity index (χ0v) is 21.2. The molecule has 0 saturated heterocycles. The van der Waals surface area contributed by atoms with E-state index in [4.69, 9.17) is 19.5 Å². The Bertz CT molecular complexity index is 1280. The molecule has 4 rings (SSSR count). The van der Waals surface area contributed by atoms with Crippen LogP contribution in [-0.2, 0) is 36.3 Å². The minimum atomic E-state index is -3.73. The summed E-state index contributed by atoms with van der Waals surface area (Å²) in [6.45, 7) is 2.18. The molecule has 2 heterocycles. The Kier molecular flexibility index (Phi) is 8.68. The Morgan fingerprint density at radius 3 is 2.69 bits per heavy atom. The van der Waals surface area contributed by atoms with Gasteiger partial charge in [-0.3, -0.25) is 23.7 Å². The zero-order valence-electron chi connectivity index (χ0n) is 20.4. The second kappa shape index (κ2) is 11.9. The quantitative estimate of drug-likeness (QED) is 0.271. The topological polar surface area (TPSA) is 151 Å². The van der Waals surface area contributed by atoms with E-state index in [1.165, 1.54) is 6.33 Å². The molecule has 0 bridgehead atoms. The van der Waals surface area contributed by atoms with Crippen LogP contribution in [0.1, 0.15) is 43.2 Å². The molecule has 1 fully saturated rings. The van der Waals surface area contributed by atoms with Crippen molar-refractivity contribution in [2.45, 2.75) is 52.2 Å². The van der Waals surface area contributed by atoms with Gasteiger partial charge >= 0.3 is 7.60 Å². The molecular formula is C24H32N5O6P. The number of carbonyl (C=O) groups excluding carboxylic acids is 1. The molecule has 1 aliphatic rings. The van der Waals surface area contributed by atoms with Gasteiger partial charge in [0.05, 0.1) is 19.5 Å². The van der Waals surface area contributed by atoms with Crippen LogP contribution in [0.2, 0.25) is 0 Å². The number of nitrogens with zero attached hydrogens (tertiary/aromatic N) is 3. The fourth-order valence-electron chi connectivity index (χ4n) is 4.15. The average Bonchev–Trinajstić information content (AvgIpc) is 3.28. The van der Waals surface area contributed by atoms with E-state index >= 15 is 0 Å². The van der Waals surface area contributed by atoms with E-state index in [1.807, 2.05) is 31.2 Å². The average molecular weight is 518 g/mol. The first-order chi connectivity index (χ1) is 17.3. The first-order valence-corrected chi connectivity index (χ1v) is 13.8. The Balaban J connectivity index is 1.36. The minimum absolute atomic E-state index is 0.0137. The summed E-state index contributed by atoms with van der Waals surface area (Å²) in [5, 5.41) is 0. The number of ketones is 1. The number of hydrogen-bond donors (Lipinski definition) is 2. The highest BCUT2D eigenvalue weighted by molar-refractivity contribution is 7.53. The zero-order chi connectivity index (χ0) is 25.5. The highest BCUT2D eigenvalue weighted by atomic mass is 31.2. The fourth-order valence-corrected chi connectivity index (χ4v) is 5.39. The second-order valence-corrected chi connectivity index (χ2v) is 11.0. The Hall–Kier alpha value is -2.85. The van der Waals surface area contributed by atoms with Crippen LogP contribution in [0.5, 0.6) is 0 Å². The van der Waals surface area contributed by atoms with Crippen molar-refractivity contribution in [1.29, 1.82) is 0 Å². The number of aryl methyl sites for hydroxylation is 1. The molecule has 3 N–H and O–H groups in total.